The van der Waals surface area contributed by atoms with Crippen LogP contribution >= 0.6 is 0 Å². The molecule has 0 radical (unpaired) electrons. The number of esters is 1. The lowest BCUT2D eigenvalue weighted by Gasteiger charge is -2.28. The van der Waals surface area contributed by atoms with Crippen molar-refractivity contribution in [3.63, 3.8) is 0 Å². The minimum atomic E-state index is -0.313. The topological polar surface area (TPSA) is 46.8 Å². The maximum absolute atomic E-state index is 11.7. The minimum Gasteiger partial charge on any atom is -0.465 e. The largest absolute Gasteiger partial charge is 0.465 e. The standard InChI is InChI=1S/C15H19N3O2/c1-17-7-3-4-11(9-17)14-16-8-13-6-5-12(10-18(13)14)15(19)20-2/h5-6,8,10-11H,3-4,7,9H2,1-2H3. The van der Waals surface area contributed by atoms with Crippen LogP contribution in [0.15, 0.2) is 24.5 Å². The summed E-state index contributed by atoms with van der Waals surface area (Å²) in [6.45, 7) is 2.16. The molecule has 20 heavy (non-hydrogen) atoms. The van der Waals surface area contributed by atoms with Crippen LogP contribution in [0.2, 0.25) is 0 Å². The number of hydrogen-bond acceptors (Lipinski definition) is 4. The van der Waals surface area contributed by atoms with Crippen LogP contribution in [0, 0.1) is 0 Å². The van der Waals surface area contributed by atoms with E-state index in [1.807, 2.05) is 22.9 Å². The van der Waals surface area contributed by atoms with Gasteiger partial charge in [0.05, 0.1) is 24.4 Å². The van der Waals surface area contributed by atoms with Crippen LogP contribution in [0.1, 0.15) is 34.9 Å². The van der Waals surface area contributed by atoms with Crippen molar-refractivity contribution in [3.05, 3.63) is 35.9 Å². The van der Waals surface area contributed by atoms with Crippen molar-refractivity contribution in [2.45, 2.75) is 18.8 Å². The Morgan fingerprint density at radius 2 is 2.30 bits per heavy atom. The molecule has 106 valence electrons. The SMILES string of the molecule is COC(=O)c1ccc2cnc(C3CCCN(C)C3)n2c1. The van der Waals surface area contributed by atoms with Gasteiger partial charge < -0.3 is 14.0 Å². The molecule has 5 nitrogen and oxygen atoms in total. The lowest BCUT2D eigenvalue weighted by atomic mass is 9.98. The second-order valence-corrected chi connectivity index (χ2v) is 5.42. The molecule has 5 heteroatoms. The third-order valence-electron chi connectivity index (χ3n) is 3.97. The summed E-state index contributed by atoms with van der Waals surface area (Å²) >= 11 is 0. The van der Waals surface area contributed by atoms with Crippen LogP contribution in [0.3, 0.4) is 0 Å². The number of rotatable bonds is 2. The molecule has 1 aliphatic heterocycles. The predicted octanol–water partition coefficient (Wildman–Crippen LogP) is 1.93. The highest BCUT2D eigenvalue weighted by atomic mass is 16.5. The third kappa shape index (κ3) is 2.29. The molecule has 0 amide bonds. The molecule has 2 aromatic heterocycles. The Morgan fingerprint density at radius 3 is 3.05 bits per heavy atom. The number of aromatic nitrogens is 2. The summed E-state index contributed by atoms with van der Waals surface area (Å²) in [5.74, 6) is 1.15. The molecule has 2 aromatic rings. The summed E-state index contributed by atoms with van der Waals surface area (Å²) in [7, 11) is 3.54. The minimum absolute atomic E-state index is 0.313. The molecule has 0 N–H and O–H groups in total. The Kier molecular flexibility index (Phi) is 3.44. The zero-order valence-electron chi connectivity index (χ0n) is 11.9. The first-order valence-electron chi connectivity index (χ1n) is 6.93. The first-order chi connectivity index (χ1) is 9.69. The smallest absolute Gasteiger partial charge is 0.339 e. The number of fused-ring (bicyclic) bond motifs is 1. The number of methoxy groups -OCH3 is 1. The van der Waals surface area contributed by atoms with E-state index in [0.717, 1.165) is 30.9 Å². The van der Waals surface area contributed by atoms with Crippen molar-refractivity contribution < 1.29 is 9.53 Å². The lowest BCUT2D eigenvalue weighted by molar-refractivity contribution is 0.0600. The van der Waals surface area contributed by atoms with Gasteiger partial charge in [0.25, 0.3) is 0 Å². The van der Waals surface area contributed by atoms with Gasteiger partial charge in [-0.1, -0.05) is 0 Å². The van der Waals surface area contributed by atoms with Gasteiger partial charge in [0.1, 0.15) is 5.82 Å². The van der Waals surface area contributed by atoms with Crippen LogP contribution in [-0.2, 0) is 4.74 Å². The highest BCUT2D eigenvalue weighted by Gasteiger charge is 2.23. The van der Waals surface area contributed by atoms with Gasteiger partial charge in [-0.15, -0.1) is 0 Å². The van der Waals surface area contributed by atoms with Gasteiger partial charge in [-0.05, 0) is 38.6 Å². The Labute approximate surface area is 118 Å². The van der Waals surface area contributed by atoms with Crippen LogP contribution in [0.25, 0.3) is 5.52 Å². The molecule has 1 unspecified atom stereocenters. The van der Waals surface area contributed by atoms with E-state index in [1.165, 1.54) is 13.5 Å². The summed E-state index contributed by atoms with van der Waals surface area (Å²) in [5, 5.41) is 0. The van der Waals surface area contributed by atoms with Crippen LogP contribution < -0.4 is 0 Å². The van der Waals surface area contributed by atoms with Crippen molar-refractivity contribution in [1.82, 2.24) is 14.3 Å². The van der Waals surface area contributed by atoms with Crippen molar-refractivity contribution in [2.24, 2.45) is 0 Å². The molecular weight excluding hydrogens is 254 g/mol. The first kappa shape index (κ1) is 13.1. The number of ether oxygens (including phenoxy) is 1. The molecule has 0 aromatic carbocycles. The number of piperidine rings is 1. The molecule has 0 bridgehead atoms. The summed E-state index contributed by atoms with van der Waals surface area (Å²) in [5.41, 5.74) is 1.57. The maximum Gasteiger partial charge on any atom is 0.339 e. The number of likely N-dealkylation sites (tertiary alicyclic amines) is 1. The zero-order chi connectivity index (χ0) is 14.1. The van der Waals surface area contributed by atoms with Crippen molar-refractivity contribution in [2.75, 3.05) is 27.2 Å². The van der Waals surface area contributed by atoms with Crippen LogP contribution in [0.5, 0.6) is 0 Å². The van der Waals surface area contributed by atoms with Crippen LogP contribution in [0.4, 0.5) is 0 Å². The number of pyridine rings is 1. The van der Waals surface area contributed by atoms with E-state index in [4.69, 9.17) is 4.74 Å². The first-order valence-corrected chi connectivity index (χ1v) is 6.93. The maximum atomic E-state index is 11.7. The molecule has 1 atom stereocenters. The fraction of sp³-hybridized carbons (Fsp3) is 0.467. The zero-order valence-corrected chi connectivity index (χ0v) is 11.9. The predicted molar refractivity (Wildman–Crippen MR) is 76.0 cm³/mol. The molecule has 0 saturated carbocycles. The van der Waals surface area contributed by atoms with E-state index in [0.29, 0.717) is 11.5 Å². The number of hydrogen-bond donors (Lipinski definition) is 0. The van der Waals surface area contributed by atoms with E-state index in [-0.39, 0.29) is 5.97 Å². The fourth-order valence-electron chi connectivity index (χ4n) is 2.93. The number of nitrogens with zero attached hydrogens (tertiary/aromatic N) is 3. The molecule has 0 spiro atoms. The summed E-state index contributed by atoms with van der Waals surface area (Å²) in [6.07, 6.45) is 6.03. The Bertz CT molecular complexity index is 635. The second kappa shape index (κ2) is 5.25. The van der Waals surface area contributed by atoms with Gasteiger partial charge in [-0.25, -0.2) is 9.78 Å². The van der Waals surface area contributed by atoms with E-state index in [9.17, 15) is 4.79 Å². The molecular formula is C15H19N3O2. The van der Waals surface area contributed by atoms with Gasteiger partial charge in [-0.3, -0.25) is 0 Å². The molecule has 0 aliphatic carbocycles. The molecule has 3 heterocycles. The van der Waals surface area contributed by atoms with Crippen molar-refractivity contribution in [3.8, 4) is 0 Å². The van der Waals surface area contributed by atoms with Crippen molar-refractivity contribution in [1.29, 1.82) is 0 Å². The lowest BCUT2D eigenvalue weighted by Crippen LogP contribution is -2.31. The fourth-order valence-corrected chi connectivity index (χ4v) is 2.93. The number of carbonyl (C=O) groups is 1. The van der Waals surface area contributed by atoms with E-state index < -0.39 is 0 Å². The van der Waals surface area contributed by atoms with E-state index >= 15 is 0 Å². The second-order valence-electron chi connectivity index (χ2n) is 5.42. The van der Waals surface area contributed by atoms with Gasteiger partial charge in [0.2, 0.25) is 0 Å². The number of likely N-dealkylation sites (N-methyl/N-ethyl adjacent to an activating group) is 1. The number of carbonyl (C=O) groups excluding carboxylic acids is 1. The Morgan fingerprint density at radius 1 is 1.45 bits per heavy atom. The van der Waals surface area contributed by atoms with Crippen molar-refractivity contribution >= 4 is 11.5 Å². The van der Waals surface area contributed by atoms with Gasteiger partial charge in [-0.2, -0.15) is 0 Å². The van der Waals surface area contributed by atoms with E-state index in [2.05, 4.69) is 16.9 Å². The van der Waals surface area contributed by atoms with Gasteiger partial charge in [0.15, 0.2) is 0 Å². The average molecular weight is 273 g/mol. The molecule has 1 fully saturated rings. The Balaban J connectivity index is 2.00. The third-order valence-corrected chi connectivity index (χ3v) is 3.97. The van der Waals surface area contributed by atoms with E-state index in [1.54, 1.807) is 6.07 Å². The molecule has 3 rings (SSSR count). The quantitative estimate of drug-likeness (QED) is 0.784. The number of imidazole rings is 1. The highest BCUT2D eigenvalue weighted by Crippen LogP contribution is 2.26. The summed E-state index contributed by atoms with van der Waals surface area (Å²) in [6, 6.07) is 3.69. The van der Waals surface area contributed by atoms with Gasteiger partial charge >= 0.3 is 5.97 Å². The highest BCUT2D eigenvalue weighted by molar-refractivity contribution is 5.89. The van der Waals surface area contributed by atoms with Gasteiger partial charge in [0, 0.05) is 18.7 Å². The summed E-state index contributed by atoms with van der Waals surface area (Å²) in [4.78, 5) is 18.6. The average Bonchev–Trinajstić information content (AvgIpc) is 2.89. The normalized spacial score (nSPS) is 20.2. The monoisotopic (exact) mass is 273 g/mol. The summed E-state index contributed by atoms with van der Waals surface area (Å²) < 4.78 is 6.81. The Hall–Kier alpha value is -1.88. The molecule has 1 saturated heterocycles. The van der Waals surface area contributed by atoms with Crippen LogP contribution in [-0.4, -0.2) is 47.5 Å². The molecule has 1 aliphatic rings.